The molecule has 45 heavy (non-hydrogen) atoms. The zero-order valence-corrected chi connectivity index (χ0v) is 24.2. The van der Waals surface area contributed by atoms with Gasteiger partial charge in [-0.05, 0) is 64.9 Å². The largest absolute Gasteiger partial charge is 0.465 e. The van der Waals surface area contributed by atoms with Crippen LogP contribution in [0.15, 0.2) is 84.9 Å². The van der Waals surface area contributed by atoms with E-state index in [0.717, 1.165) is 39.6 Å². The molecule has 0 atom stereocenters. The number of hydrogen-bond acceptors (Lipinski definition) is 4. The topological polar surface area (TPSA) is 91.8 Å². The summed E-state index contributed by atoms with van der Waals surface area (Å²) in [5, 5.41) is 12.9. The van der Waals surface area contributed by atoms with Crippen molar-refractivity contribution in [2.24, 2.45) is 0 Å². The first-order valence-electron chi connectivity index (χ1n) is 14.4. The van der Waals surface area contributed by atoms with Crippen molar-refractivity contribution < 1.29 is 32.6 Å². The molecule has 230 valence electrons. The number of carbonyl (C=O) groups excluding carboxylic acids is 1. The lowest BCUT2D eigenvalue weighted by Gasteiger charge is -2.25. The van der Waals surface area contributed by atoms with Crippen LogP contribution < -0.4 is 10.1 Å². The van der Waals surface area contributed by atoms with Crippen molar-refractivity contribution in [1.82, 2.24) is 15.2 Å². The Morgan fingerprint density at radius 1 is 0.956 bits per heavy atom. The minimum absolute atomic E-state index is 0.0309. The first-order valence-corrected chi connectivity index (χ1v) is 14.4. The van der Waals surface area contributed by atoms with Crippen molar-refractivity contribution in [2.75, 3.05) is 13.1 Å². The third-order valence-electron chi connectivity index (χ3n) is 7.51. The standard InChI is InChI=1S/C35H30F3N3O4/c1-2-3-4-9-17-39-33(42)24-11-10-12-25(20-24)45-32-19-23(18-31(40-32)35(36,37)38)21-41(34(43)44)22-30-28-15-7-5-13-26(28)27-14-6-8-16-29(27)30/h1,5-8,10-16,18-20,30H,3-4,9,17,21-22H2,(H,39,42)(H,43,44). The molecular formula is C35H30F3N3O4. The second-order valence-electron chi connectivity index (χ2n) is 10.6. The van der Waals surface area contributed by atoms with Gasteiger partial charge in [-0.25, -0.2) is 9.78 Å². The van der Waals surface area contributed by atoms with Crippen LogP contribution >= 0.6 is 0 Å². The first kappa shape index (κ1) is 31.1. The monoisotopic (exact) mass is 613 g/mol. The molecule has 5 rings (SSSR count). The van der Waals surface area contributed by atoms with Gasteiger partial charge >= 0.3 is 12.3 Å². The van der Waals surface area contributed by atoms with Crippen molar-refractivity contribution in [3.05, 3.63) is 113 Å². The Balaban J connectivity index is 1.37. The highest BCUT2D eigenvalue weighted by atomic mass is 19.4. The number of pyridine rings is 1. The Kier molecular flexibility index (Phi) is 9.38. The first-order chi connectivity index (χ1) is 21.6. The molecule has 0 bridgehead atoms. The van der Waals surface area contributed by atoms with E-state index in [0.29, 0.717) is 19.4 Å². The maximum atomic E-state index is 13.9. The fourth-order valence-corrected chi connectivity index (χ4v) is 5.43. The average molecular weight is 614 g/mol. The molecule has 1 aliphatic carbocycles. The molecule has 2 N–H and O–H groups in total. The Morgan fingerprint density at radius 2 is 1.64 bits per heavy atom. The molecule has 0 saturated heterocycles. The van der Waals surface area contributed by atoms with E-state index in [1.54, 1.807) is 12.1 Å². The van der Waals surface area contributed by atoms with Crippen LogP contribution in [0.1, 0.15) is 57.9 Å². The van der Waals surface area contributed by atoms with E-state index < -0.39 is 18.0 Å². The van der Waals surface area contributed by atoms with Crippen LogP contribution in [0.4, 0.5) is 18.0 Å². The second kappa shape index (κ2) is 13.6. The van der Waals surface area contributed by atoms with E-state index in [1.165, 1.54) is 18.2 Å². The van der Waals surface area contributed by atoms with E-state index in [2.05, 4.69) is 16.2 Å². The highest BCUT2D eigenvalue weighted by Crippen LogP contribution is 2.45. The van der Waals surface area contributed by atoms with Gasteiger partial charge in [0.25, 0.3) is 5.91 Å². The molecule has 0 spiro atoms. The number of carbonyl (C=O) groups is 2. The summed E-state index contributed by atoms with van der Waals surface area (Å²) in [6.45, 7) is 0.117. The quantitative estimate of drug-likeness (QED) is 0.134. The lowest BCUT2D eigenvalue weighted by molar-refractivity contribution is -0.141. The number of aromatic nitrogens is 1. The third-order valence-corrected chi connectivity index (χ3v) is 7.51. The van der Waals surface area contributed by atoms with Crippen LogP contribution in [0.5, 0.6) is 11.6 Å². The van der Waals surface area contributed by atoms with Crippen molar-refractivity contribution in [3.63, 3.8) is 0 Å². The lowest BCUT2D eigenvalue weighted by atomic mass is 9.96. The summed E-state index contributed by atoms with van der Waals surface area (Å²) in [5.41, 5.74) is 3.00. The molecular weight excluding hydrogens is 583 g/mol. The van der Waals surface area contributed by atoms with Crippen LogP contribution in [0, 0.1) is 12.3 Å². The van der Waals surface area contributed by atoms with Crippen molar-refractivity contribution in [2.45, 2.75) is 37.9 Å². The van der Waals surface area contributed by atoms with Gasteiger partial charge in [0.05, 0.1) is 0 Å². The fourth-order valence-electron chi connectivity index (χ4n) is 5.43. The van der Waals surface area contributed by atoms with E-state index in [4.69, 9.17) is 11.2 Å². The molecule has 1 aliphatic rings. The van der Waals surface area contributed by atoms with Gasteiger partial charge in [-0.3, -0.25) is 4.79 Å². The summed E-state index contributed by atoms with van der Waals surface area (Å²) in [6.07, 6.45) is 1.23. The molecule has 0 unspecified atom stereocenters. The number of fused-ring (bicyclic) bond motifs is 3. The van der Waals surface area contributed by atoms with Crippen molar-refractivity contribution in [3.8, 4) is 35.1 Å². The number of nitrogens with zero attached hydrogens (tertiary/aromatic N) is 2. The number of unbranched alkanes of at least 4 members (excludes halogenated alkanes) is 2. The predicted octanol–water partition coefficient (Wildman–Crippen LogP) is 7.72. The van der Waals surface area contributed by atoms with Crippen LogP contribution in [0.2, 0.25) is 0 Å². The van der Waals surface area contributed by atoms with Gasteiger partial charge < -0.3 is 20.1 Å². The molecule has 0 saturated carbocycles. The van der Waals surface area contributed by atoms with Crippen LogP contribution in [0.25, 0.3) is 11.1 Å². The number of ether oxygens (including phenoxy) is 1. The maximum Gasteiger partial charge on any atom is 0.433 e. The highest BCUT2D eigenvalue weighted by molar-refractivity contribution is 5.94. The van der Waals surface area contributed by atoms with Gasteiger partial charge in [0, 0.05) is 43.6 Å². The molecule has 3 aromatic carbocycles. The number of carboxylic acid groups (broad SMARTS) is 1. The van der Waals surface area contributed by atoms with E-state index in [1.807, 2.05) is 48.5 Å². The fraction of sp³-hybridized carbons (Fsp3) is 0.229. The third kappa shape index (κ3) is 7.44. The average Bonchev–Trinajstić information content (AvgIpc) is 3.33. The number of rotatable bonds is 11. The Bertz CT molecular complexity index is 1700. The number of alkyl halides is 3. The van der Waals surface area contributed by atoms with Gasteiger partial charge in [-0.2, -0.15) is 13.2 Å². The maximum absolute atomic E-state index is 13.9. The molecule has 1 aromatic heterocycles. The molecule has 4 aromatic rings. The Labute approximate surface area is 258 Å². The summed E-state index contributed by atoms with van der Waals surface area (Å²) in [6, 6.07) is 23.5. The number of halogens is 3. The van der Waals surface area contributed by atoms with Crippen molar-refractivity contribution in [1.29, 1.82) is 0 Å². The molecule has 0 fully saturated rings. The predicted molar refractivity (Wildman–Crippen MR) is 163 cm³/mol. The van der Waals surface area contributed by atoms with Crippen LogP contribution in [-0.2, 0) is 12.7 Å². The van der Waals surface area contributed by atoms with Crippen LogP contribution in [-0.4, -0.2) is 40.1 Å². The van der Waals surface area contributed by atoms with Crippen molar-refractivity contribution >= 4 is 12.0 Å². The second-order valence-corrected chi connectivity index (χ2v) is 10.6. The van der Waals surface area contributed by atoms with Gasteiger partial charge in [-0.15, -0.1) is 12.3 Å². The van der Waals surface area contributed by atoms with Gasteiger partial charge in [0.1, 0.15) is 11.4 Å². The Hall–Kier alpha value is -5.30. The number of terminal acetylenes is 1. The molecule has 1 heterocycles. The zero-order chi connectivity index (χ0) is 32.0. The summed E-state index contributed by atoms with van der Waals surface area (Å²) in [5.74, 6) is 1.59. The minimum atomic E-state index is -4.81. The smallest absolute Gasteiger partial charge is 0.433 e. The number of hydrogen-bond donors (Lipinski definition) is 2. The summed E-state index contributed by atoms with van der Waals surface area (Å²) in [7, 11) is 0. The normalized spacial score (nSPS) is 12.1. The minimum Gasteiger partial charge on any atom is -0.465 e. The Morgan fingerprint density at radius 3 is 2.29 bits per heavy atom. The van der Waals surface area contributed by atoms with Crippen LogP contribution in [0.3, 0.4) is 0 Å². The number of benzene rings is 3. The lowest BCUT2D eigenvalue weighted by Crippen LogP contribution is -2.33. The van der Waals surface area contributed by atoms with E-state index in [9.17, 15) is 27.9 Å². The highest BCUT2D eigenvalue weighted by Gasteiger charge is 2.35. The molecule has 7 nitrogen and oxygen atoms in total. The number of nitrogens with one attached hydrogen (secondary N) is 1. The zero-order valence-electron chi connectivity index (χ0n) is 24.2. The van der Waals surface area contributed by atoms with Gasteiger partial charge in [0.15, 0.2) is 0 Å². The summed E-state index contributed by atoms with van der Waals surface area (Å²) >= 11 is 0. The molecule has 0 radical (unpaired) electrons. The molecule has 2 amide bonds. The molecule has 0 aliphatic heterocycles. The number of amides is 2. The SMILES string of the molecule is C#CCCCCNC(=O)c1cccc(Oc2cc(CN(CC3c4ccccc4-c4ccccc43)C(=O)O)cc(C(F)(F)F)n2)c1. The van der Waals surface area contributed by atoms with Gasteiger partial charge in [-0.1, -0.05) is 54.6 Å². The van der Waals surface area contributed by atoms with E-state index in [-0.39, 0.29) is 47.7 Å². The summed E-state index contributed by atoms with van der Waals surface area (Å²) < 4.78 is 47.4. The molecule has 10 heteroatoms. The van der Waals surface area contributed by atoms with E-state index >= 15 is 0 Å². The van der Waals surface area contributed by atoms with Gasteiger partial charge in [0.2, 0.25) is 5.88 Å². The summed E-state index contributed by atoms with van der Waals surface area (Å²) in [4.78, 5) is 29.7.